The van der Waals surface area contributed by atoms with Gasteiger partial charge in [0.25, 0.3) is 11.8 Å². The summed E-state index contributed by atoms with van der Waals surface area (Å²) in [6, 6.07) is 12.0. The fraction of sp³-hybridized carbons (Fsp3) is 0.161. The van der Waals surface area contributed by atoms with E-state index in [1.807, 2.05) is 0 Å². The topological polar surface area (TPSA) is 260 Å². The molecule has 12 rings (SSSR count). The van der Waals surface area contributed by atoms with Crippen LogP contribution in [0.1, 0.15) is 54.6 Å². The minimum absolute atomic E-state index is 0.0180. The molecule has 96 heavy (non-hydrogen) atoms. The fourth-order valence-corrected chi connectivity index (χ4v) is 10.2. The van der Waals surface area contributed by atoms with Gasteiger partial charge in [-0.2, -0.15) is 0 Å². The molecule has 8 aromatic heterocycles. The molecule has 0 bridgehead atoms. The molecule has 0 fully saturated rings. The molecule has 12 aromatic rings. The molecule has 0 spiro atoms. The van der Waals surface area contributed by atoms with Crippen molar-refractivity contribution in [2.75, 3.05) is 27.4 Å². The molecule has 0 saturated heterocycles. The van der Waals surface area contributed by atoms with E-state index in [0.29, 0.717) is 34.9 Å². The second-order valence-electron chi connectivity index (χ2n) is 20.5. The van der Waals surface area contributed by atoms with Gasteiger partial charge in [0.05, 0.1) is 81.6 Å². The lowest BCUT2D eigenvalue weighted by atomic mass is 10.0. The van der Waals surface area contributed by atoms with Crippen LogP contribution in [0.3, 0.4) is 0 Å². The van der Waals surface area contributed by atoms with E-state index in [4.69, 9.17) is 42.1 Å². The highest BCUT2D eigenvalue weighted by molar-refractivity contribution is 6.31. The third kappa shape index (κ3) is 13.8. The van der Waals surface area contributed by atoms with Gasteiger partial charge in [0.2, 0.25) is 0 Å². The molecule has 0 atom stereocenters. The van der Waals surface area contributed by atoms with Crippen LogP contribution in [0.15, 0.2) is 110 Å². The number of aromatic carboxylic acids is 2. The first kappa shape index (κ1) is 66.5. The van der Waals surface area contributed by atoms with Crippen LogP contribution in [0, 0.1) is 58.2 Å². The summed E-state index contributed by atoms with van der Waals surface area (Å²) in [4.78, 5) is 47.5. The van der Waals surface area contributed by atoms with E-state index in [2.05, 4.69) is 50.5 Å². The summed E-state index contributed by atoms with van der Waals surface area (Å²) < 4.78 is 178. The number of methoxy groups -OCH3 is 2. The number of fused-ring (bicyclic) bond motifs is 2. The normalized spacial score (nSPS) is 11.4. The molecule has 0 saturated carbocycles. The van der Waals surface area contributed by atoms with E-state index in [-0.39, 0.29) is 106 Å². The Hall–Kier alpha value is -11.0. The number of benzene rings is 4. The van der Waals surface area contributed by atoms with E-state index in [1.54, 1.807) is 12.4 Å². The average molecular weight is 1370 g/mol. The van der Waals surface area contributed by atoms with Crippen LogP contribution < -0.4 is 9.47 Å². The third-order valence-corrected chi connectivity index (χ3v) is 15.2. The van der Waals surface area contributed by atoms with Crippen LogP contribution in [0.2, 0.25) is 10.0 Å². The number of hydrogen-bond donors (Lipinski definition) is 2. The van der Waals surface area contributed by atoms with Gasteiger partial charge in [0, 0.05) is 98.1 Å². The number of carbonyl (C=O) groups is 2. The van der Waals surface area contributed by atoms with Gasteiger partial charge in [0.1, 0.15) is 47.5 Å². The number of rotatable bonds is 22. The van der Waals surface area contributed by atoms with Crippen molar-refractivity contribution in [3.8, 4) is 45.9 Å². The summed E-state index contributed by atoms with van der Waals surface area (Å²) in [6.07, 6.45) is 7.47. The first-order valence-corrected chi connectivity index (χ1v) is 28.6. The standard InChI is InChI=1S/2C31H21ClF5N7O4/c2*1-47-7-6-43-24-9-15(31(45)46)8-22(35)29(24)41-26(43)11-17-21(34)10-18(28(37)27(17)36)23-3-2-20(33)30(40-23)48-14-16-13-38-25(12-19(16)32)44-5-4-39-42-44/h2*2-5,8-10,12-13H,6-7,11,14H2,1H3,(H,45,46). The Labute approximate surface area is 542 Å². The van der Waals surface area contributed by atoms with Crippen LogP contribution in [0.25, 0.3) is 56.2 Å². The highest BCUT2D eigenvalue weighted by Crippen LogP contribution is 2.35. The molecule has 4 aromatic carbocycles. The Morgan fingerprint density at radius 1 is 0.500 bits per heavy atom. The number of aromatic nitrogens is 14. The maximum absolute atomic E-state index is 15.5. The largest absolute Gasteiger partial charge is 0.478 e. The Kier molecular flexibility index (Phi) is 19.6. The molecule has 492 valence electrons. The summed E-state index contributed by atoms with van der Waals surface area (Å²) in [5.74, 6) is -15.8. The van der Waals surface area contributed by atoms with Gasteiger partial charge in [-0.05, 0) is 60.7 Å². The summed E-state index contributed by atoms with van der Waals surface area (Å²) in [7, 11) is 2.78. The maximum atomic E-state index is 15.5. The van der Waals surface area contributed by atoms with Gasteiger partial charge in [-0.3, -0.25) is 0 Å². The number of pyridine rings is 4. The number of hydrogen-bond acceptors (Lipinski definition) is 16. The number of ether oxygens (including phenoxy) is 4. The van der Waals surface area contributed by atoms with Gasteiger partial charge in [0.15, 0.2) is 58.2 Å². The van der Waals surface area contributed by atoms with Crippen molar-refractivity contribution in [3.05, 3.63) is 223 Å². The zero-order chi connectivity index (χ0) is 68.2. The molecule has 0 aliphatic heterocycles. The molecule has 0 aliphatic rings. The summed E-state index contributed by atoms with van der Waals surface area (Å²) >= 11 is 12.6. The van der Waals surface area contributed by atoms with Crippen molar-refractivity contribution in [2.45, 2.75) is 39.1 Å². The molecular formula is C62H42Cl2F10N14O8. The molecule has 0 aliphatic carbocycles. The Bertz CT molecular complexity index is 4670. The molecule has 0 amide bonds. The van der Waals surface area contributed by atoms with Crippen molar-refractivity contribution in [3.63, 3.8) is 0 Å². The summed E-state index contributed by atoms with van der Waals surface area (Å²) in [5.41, 5.74) is -3.84. The van der Waals surface area contributed by atoms with E-state index in [9.17, 15) is 37.4 Å². The Morgan fingerprint density at radius 2 is 0.906 bits per heavy atom. The van der Waals surface area contributed by atoms with Crippen LogP contribution in [-0.4, -0.2) is 119 Å². The molecule has 2 N–H and O–H groups in total. The van der Waals surface area contributed by atoms with Gasteiger partial charge in [-0.25, -0.2) is 92.8 Å². The van der Waals surface area contributed by atoms with Crippen molar-refractivity contribution in [1.29, 1.82) is 0 Å². The van der Waals surface area contributed by atoms with E-state index >= 15 is 26.3 Å². The molecule has 8 heterocycles. The van der Waals surface area contributed by atoms with Crippen LogP contribution in [-0.2, 0) is 48.6 Å². The minimum atomic E-state index is -1.58. The first-order valence-electron chi connectivity index (χ1n) is 27.9. The van der Waals surface area contributed by atoms with Crippen LogP contribution in [0.4, 0.5) is 43.9 Å². The lowest BCUT2D eigenvalue weighted by Gasteiger charge is -2.13. The second-order valence-corrected chi connectivity index (χ2v) is 21.3. The zero-order valence-electron chi connectivity index (χ0n) is 49.2. The predicted molar refractivity (Wildman–Crippen MR) is 319 cm³/mol. The van der Waals surface area contributed by atoms with Crippen molar-refractivity contribution < 1.29 is 82.7 Å². The van der Waals surface area contributed by atoms with Crippen LogP contribution in [0.5, 0.6) is 11.8 Å². The number of carboxylic acid groups (broad SMARTS) is 2. The SMILES string of the molecule is COCCn1c(Cc2c(F)cc(-c3ccc(F)c(OCc4cnc(-n5ccnn5)cc4Cl)n3)c(F)c2F)nc2c(F)cc(C(=O)O)cc21.COCCn1c(Cc2c(F)cc(-c3ccc(F)c(OCc4cnc(-n5ccnn5)cc4Cl)n3)c(F)c2F)nc2c(F)cc(C(=O)O)cc21. The van der Waals surface area contributed by atoms with Gasteiger partial charge < -0.3 is 38.3 Å². The lowest BCUT2D eigenvalue weighted by molar-refractivity contribution is 0.0686. The highest BCUT2D eigenvalue weighted by atomic mass is 35.5. The van der Waals surface area contributed by atoms with E-state index < -0.39 is 117 Å². The van der Waals surface area contributed by atoms with Crippen molar-refractivity contribution >= 4 is 57.2 Å². The molecule has 22 nitrogen and oxygen atoms in total. The number of carboxylic acids is 2. The summed E-state index contributed by atoms with van der Waals surface area (Å²) in [6.45, 7) is -0.450. The zero-order valence-corrected chi connectivity index (χ0v) is 50.7. The predicted octanol–water partition coefficient (Wildman–Crippen LogP) is 11.9. The lowest BCUT2D eigenvalue weighted by Crippen LogP contribution is -2.11. The Morgan fingerprint density at radius 3 is 1.26 bits per heavy atom. The maximum Gasteiger partial charge on any atom is 0.335 e. The first-order chi connectivity index (χ1) is 46.1. The quantitative estimate of drug-likeness (QED) is 0.0472. The smallest absolute Gasteiger partial charge is 0.335 e. The van der Waals surface area contributed by atoms with Crippen molar-refractivity contribution in [1.82, 2.24) is 69.0 Å². The number of nitrogens with zero attached hydrogens (tertiary/aromatic N) is 14. The third-order valence-electron chi connectivity index (χ3n) is 14.5. The van der Waals surface area contributed by atoms with Crippen LogP contribution >= 0.6 is 23.2 Å². The average Bonchev–Trinajstić information content (AvgIpc) is 1.61. The molecule has 0 unspecified atom stereocenters. The Balaban J connectivity index is 0.000000195. The monoisotopic (exact) mass is 1370 g/mol. The van der Waals surface area contributed by atoms with Crippen molar-refractivity contribution in [2.24, 2.45) is 0 Å². The summed E-state index contributed by atoms with van der Waals surface area (Å²) in [5, 5.41) is 34.1. The van der Waals surface area contributed by atoms with Gasteiger partial charge in [-0.1, -0.05) is 33.6 Å². The highest BCUT2D eigenvalue weighted by Gasteiger charge is 2.28. The fourth-order valence-electron chi connectivity index (χ4n) is 9.78. The van der Waals surface area contributed by atoms with Gasteiger partial charge in [-0.15, -0.1) is 10.2 Å². The van der Waals surface area contributed by atoms with E-state index in [1.165, 1.54) is 81.8 Å². The molecule has 0 radical (unpaired) electrons. The number of imidazole rings is 2. The molecule has 34 heteroatoms. The van der Waals surface area contributed by atoms with Gasteiger partial charge >= 0.3 is 11.9 Å². The minimum Gasteiger partial charge on any atom is -0.478 e. The van der Waals surface area contributed by atoms with E-state index in [0.717, 1.165) is 36.4 Å². The number of halogens is 12. The molecular weight excluding hydrogens is 1330 g/mol. The second kappa shape index (κ2) is 28.3.